The summed E-state index contributed by atoms with van der Waals surface area (Å²) >= 11 is 0. The number of piperidine rings is 1. The van der Waals surface area contributed by atoms with Gasteiger partial charge in [-0.05, 0) is 87.0 Å². The lowest BCUT2D eigenvalue weighted by atomic mass is 9.88. The molecule has 1 amide bonds. The Morgan fingerprint density at radius 3 is 2.70 bits per heavy atom. The molecule has 174 valence electrons. The summed E-state index contributed by atoms with van der Waals surface area (Å²) in [5, 5.41) is 1.07. The second-order valence-electron chi connectivity index (χ2n) is 9.22. The monoisotopic (exact) mass is 445 g/mol. The van der Waals surface area contributed by atoms with Gasteiger partial charge in [-0.2, -0.15) is 0 Å². The SMILES string of the molecule is CCC(C(N)=O)c1cccc(CC2CCN(CCOc3cccc4nc(C)ccc34)CC2)c1. The number of hydrogen-bond donors (Lipinski definition) is 1. The third-order valence-corrected chi connectivity index (χ3v) is 6.83. The topological polar surface area (TPSA) is 68.5 Å². The van der Waals surface area contributed by atoms with Gasteiger partial charge in [0, 0.05) is 17.6 Å². The molecule has 2 N–H and O–H groups in total. The fourth-order valence-electron chi connectivity index (χ4n) is 4.92. The standard InChI is InChI=1S/C28H35N3O2/c1-3-24(28(29)32)23-7-4-6-22(19-23)18-21-12-14-31(15-13-21)16-17-33-27-9-5-8-26-25(27)11-10-20(2)30-26/h4-11,19,21,24H,3,12-18H2,1-2H3,(H2,29,32). The lowest BCUT2D eigenvalue weighted by Gasteiger charge is -2.32. The fourth-order valence-corrected chi connectivity index (χ4v) is 4.92. The number of primary amides is 1. The van der Waals surface area contributed by atoms with E-state index >= 15 is 0 Å². The molecule has 0 radical (unpaired) electrons. The number of fused-ring (bicyclic) bond motifs is 1. The molecule has 1 aromatic heterocycles. The molecule has 1 saturated heterocycles. The van der Waals surface area contributed by atoms with Crippen LogP contribution in [0.1, 0.15) is 48.9 Å². The zero-order valence-corrected chi connectivity index (χ0v) is 19.8. The number of aromatic nitrogens is 1. The Bertz CT molecular complexity index is 1090. The zero-order valence-electron chi connectivity index (χ0n) is 19.8. The van der Waals surface area contributed by atoms with Crippen molar-refractivity contribution in [2.75, 3.05) is 26.2 Å². The Hall–Kier alpha value is -2.92. The van der Waals surface area contributed by atoms with Crippen molar-refractivity contribution in [2.24, 2.45) is 11.7 Å². The molecule has 3 aromatic rings. The van der Waals surface area contributed by atoms with E-state index in [0.29, 0.717) is 12.5 Å². The highest BCUT2D eigenvalue weighted by Crippen LogP contribution is 2.26. The molecule has 2 heterocycles. The van der Waals surface area contributed by atoms with Gasteiger partial charge in [-0.15, -0.1) is 0 Å². The number of benzene rings is 2. The van der Waals surface area contributed by atoms with E-state index in [0.717, 1.165) is 60.4 Å². The second kappa shape index (κ2) is 10.8. The van der Waals surface area contributed by atoms with Crippen molar-refractivity contribution in [2.45, 2.75) is 45.4 Å². The van der Waals surface area contributed by atoms with E-state index in [2.05, 4.69) is 34.1 Å². The molecule has 1 aliphatic heterocycles. The Kier molecular flexibility index (Phi) is 7.61. The van der Waals surface area contributed by atoms with E-state index in [9.17, 15) is 4.79 Å². The van der Waals surface area contributed by atoms with Crippen LogP contribution in [-0.2, 0) is 11.2 Å². The highest BCUT2D eigenvalue weighted by Gasteiger charge is 2.21. The van der Waals surface area contributed by atoms with Crippen LogP contribution in [0.2, 0.25) is 0 Å². The Labute approximate surface area is 197 Å². The van der Waals surface area contributed by atoms with E-state index in [1.54, 1.807) is 0 Å². The number of pyridine rings is 1. The molecule has 0 bridgehead atoms. The van der Waals surface area contributed by atoms with Crippen LogP contribution in [0.3, 0.4) is 0 Å². The van der Waals surface area contributed by atoms with Crippen LogP contribution >= 0.6 is 0 Å². The van der Waals surface area contributed by atoms with Crippen molar-refractivity contribution in [1.29, 1.82) is 0 Å². The van der Waals surface area contributed by atoms with E-state index in [1.165, 1.54) is 18.4 Å². The molecular weight excluding hydrogens is 410 g/mol. The molecule has 1 atom stereocenters. The fraction of sp³-hybridized carbons (Fsp3) is 0.429. The summed E-state index contributed by atoms with van der Waals surface area (Å²) in [7, 11) is 0. The summed E-state index contributed by atoms with van der Waals surface area (Å²) in [5.74, 6) is 1.17. The Balaban J connectivity index is 1.25. The number of hydrogen-bond acceptors (Lipinski definition) is 4. The maximum absolute atomic E-state index is 11.7. The number of carbonyl (C=O) groups excluding carboxylic acids is 1. The number of nitrogens with zero attached hydrogens (tertiary/aromatic N) is 2. The van der Waals surface area contributed by atoms with Crippen LogP contribution in [0.25, 0.3) is 10.9 Å². The Morgan fingerprint density at radius 1 is 1.15 bits per heavy atom. The van der Waals surface area contributed by atoms with Gasteiger partial charge in [0.05, 0.1) is 11.4 Å². The van der Waals surface area contributed by atoms with Crippen molar-refractivity contribution in [3.05, 3.63) is 71.4 Å². The van der Waals surface area contributed by atoms with Gasteiger partial charge >= 0.3 is 0 Å². The van der Waals surface area contributed by atoms with E-state index in [-0.39, 0.29) is 11.8 Å². The first-order valence-corrected chi connectivity index (χ1v) is 12.1. The summed E-state index contributed by atoms with van der Waals surface area (Å²) in [5.41, 5.74) is 9.95. The quantitative estimate of drug-likeness (QED) is 0.511. The number of amides is 1. The van der Waals surface area contributed by atoms with Gasteiger partial charge in [-0.3, -0.25) is 14.7 Å². The van der Waals surface area contributed by atoms with Crippen molar-refractivity contribution in [3.8, 4) is 5.75 Å². The zero-order chi connectivity index (χ0) is 23.2. The molecule has 5 nitrogen and oxygen atoms in total. The lowest BCUT2D eigenvalue weighted by Crippen LogP contribution is -2.37. The number of likely N-dealkylation sites (tertiary alicyclic amines) is 1. The summed E-state index contributed by atoms with van der Waals surface area (Å²) in [6.07, 6.45) is 4.19. The van der Waals surface area contributed by atoms with Gasteiger partial charge in [0.25, 0.3) is 0 Å². The molecule has 1 fully saturated rings. The summed E-state index contributed by atoms with van der Waals surface area (Å²) in [6.45, 7) is 7.85. The highest BCUT2D eigenvalue weighted by molar-refractivity contribution is 5.85. The average Bonchev–Trinajstić information content (AvgIpc) is 2.80. The number of aryl methyl sites for hydroxylation is 1. The smallest absolute Gasteiger partial charge is 0.224 e. The largest absolute Gasteiger partial charge is 0.492 e. The summed E-state index contributed by atoms with van der Waals surface area (Å²) in [6, 6.07) is 18.7. The maximum atomic E-state index is 11.7. The van der Waals surface area contributed by atoms with Gasteiger partial charge in [-0.1, -0.05) is 37.3 Å². The van der Waals surface area contributed by atoms with E-state index < -0.39 is 0 Å². The van der Waals surface area contributed by atoms with Crippen molar-refractivity contribution in [3.63, 3.8) is 0 Å². The maximum Gasteiger partial charge on any atom is 0.224 e. The first kappa shape index (κ1) is 23.2. The van der Waals surface area contributed by atoms with Gasteiger partial charge in [0.1, 0.15) is 12.4 Å². The minimum absolute atomic E-state index is 0.187. The average molecular weight is 446 g/mol. The second-order valence-corrected chi connectivity index (χ2v) is 9.22. The van der Waals surface area contributed by atoms with Gasteiger partial charge in [0.15, 0.2) is 0 Å². The van der Waals surface area contributed by atoms with Crippen molar-refractivity contribution < 1.29 is 9.53 Å². The highest BCUT2D eigenvalue weighted by atomic mass is 16.5. The Morgan fingerprint density at radius 2 is 1.94 bits per heavy atom. The number of carbonyl (C=O) groups is 1. The van der Waals surface area contributed by atoms with Crippen LogP contribution in [0.15, 0.2) is 54.6 Å². The minimum Gasteiger partial charge on any atom is -0.492 e. The summed E-state index contributed by atoms with van der Waals surface area (Å²) < 4.78 is 6.13. The van der Waals surface area contributed by atoms with Crippen LogP contribution < -0.4 is 10.5 Å². The molecule has 33 heavy (non-hydrogen) atoms. The number of rotatable bonds is 9. The third-order valence-electron chi connectivity index (χ3n) is 6.83. The molecule has 1 aliphatic rings. The molecule has 0 aliphatic carbocycles. The normalized spacial score (nSPS) is 16.1. The number of ether oxygens (including phenoxy) is 1. The predicted octanol–water partition coefficient (Wildman–Crippen LogP) is 4.86. The van der Waals surface area contributed by atoms with Crippen molar-refractivity contribution in [1.82, 2.24) is 9.88 Å². The van der Waals surface area contributed by atoms with Crippen LogP contribution in [0.5, 0.6) is 5.75 Å². The van der Waals surface area contributed by atoms with Gasteiger partial charge in [0.2, 0.25) is 5.91 Å². The molecule has 4 rings (SSSR count). The third kappa shape index (κ3) is 5.91. The van der Waals surface area contributed by atoms with E-state index in [1.807, 2.05) is 44.2 Å². The molecule has 2 aromatic carbocycles. The van der Waals surface area contributed by atoms with Crippen molar-refractivity contribution >= 4 is 16.8 Å². The first-order chi connectivity index (χ1) is 16.0. The minimum atomic E-state index is -0.236. The van der Waals surface area contributed by atoms with E-state index in [4.69, 9.17) is 10.5 Å². The molecule has 0 spiro atoms. The molecular formula is C28H35N3O2. The first-order valence-electron chi connectivity index (χ1n) is 12.1. The molecule has 1 unspecified atom stereocenters. The van der Waals surface area contributed by atoms with Gasteiger partial charge < -0.3 is 10.5 Å². The van der Waals surface area contributed by atoms with Gasteiger partial charge in [-0.25, -0.2) is 0 Å². The summed E-state index contributed by atoms with van der Waals surface area (Å²) in [4.78, 5) is 18.8. The predicted molar refractivity (Wildman–Crippen MR) is 134 cm³/mol. The number of nitrogens with two attached hydrogens (primary N) is 1. The van der Waals surface area contributed by atoms with Crippen LogP contribution in [0, 0.1) is 12.8 Å². The van der Waals surface area contributed by atoms with Crippen LogP contribution in [0.4, 0.5) is 0 Å². The van der Waals surface area contributed by atoms with Crippen LogP contribution in [-0.4, -0.2) is 42.0 Å². The lowest BCUT2D eigenvalue weighted by molar-refractivity contribution is -0.119. The molecule has 0 saturated carbocycles. The molecule has 5 heteroatoms.